The molecular formula is C22H22O12. The zero-order valence-corrected chi connectivity index (χ0v) is 18.5. The summed E-state index contributed by atoms with van der Waals surface area (Å²) in [5.41, 5.74) is 0.117. The van der Waals surface area contributed by atoms with E-state index >= 15 is 0 Å². The van der Waals surface area contributed by atoms with Crippen LogP contribution >= 0.6 is 0 Å². The van der Waals surface area contributed by atoms with Crippen molar-refractivity contribution >= 4 is 41.1 Å². The van der Waals surface area contributed by atoms with Crippen LogP contribution in [-0.4, -0.2) is 66.5 Å². The Kier molecular flexibility index (Phi) is 7.51. The molecule has 0 spiro atoms. The third-order valence-corrected chi connectivity index (χ3v) is 4.82. The third kappa shape index (κ3) is 5.70. The number of furan rings is 1. The molecule has 1 aliphatic heterocycles. The number of esters is 3. The monoisotopic (exact) mass is 478 g/mol. The number of carboxylic acid groups (broad SMARTS) is 1. The number of fused-ring (bicyclic) bond motifs is 1. The van der Waals surface area contributed by atoms with Crippen molar-refractivity contribution in [1.29, 1.82) is 0 Å². The maximum absolute atomic E-state index is 11.7. The van der Waals surface area contributed by atoms with Crippen molar-refractivity contribution in [2.75, 3.05) is 6.61 Å². The predicted octanol–water partition coefficient (Wildman–Crippen LogP) is 1.86. The van der Waals surface area contributed by atoms with E-state index in [0.29, 0.717) is 6.29 Å². The van der Waals surface area contributed by atoms with E-state index in [-0.39, 0.29) is 35.3 Å². The predicted molar refractivity (Wildman–Crippen MR) is 110 cm³/mol. The molecule has 0 bridgehead atoms. The average Bonchev–Trinajstić information content (AvgIpc) is 3.20. The molecule has 0 radical (unpaired) electrons. The van der Waals surface area contributed by atoms with Gasteiger partial charge in [0.1, 0.15) is 30.1 Å². The quantitative estimate of drug-likeness (QED) is 0.333. The van der Waals surface area contributed by atoms with E-state index < -0.39 is 54.2 Å². The lowest BCUT2D eigenvalue weighted by atomic mass is 10.0. The number of carboxylic acids is 1. The van der Waals surface area contributed by atoms with Crippen LogP contribution in [0.15, 0.2) is 22.6 Å². The molecule has 1 aliphatic rings. The summed E-state index contributed by atoms with van der Waals surface area (Å²) in [6.45, 7) is 3.21. The summed E-state index contributed by atoms with van der Waals surface area (Å²) in [6, 6.07) is 4.01. The molecule has 1 saturated heterocycles. The summed E-state index contributed by atoms with van der Waals surface area (Å²) in [5.74, 6) is -3.53. The Morgan fingerprint density at radius 3 is 2.38 bits per heavy atom. The number of aromatic carboxylic acids is 1. The highest BCUT2D eigenvalue weighted by Crippen LogP contribution is 2.34. The van der Waals surface area contributed by atoms with Crippen LogP contribution in [0.25, 0.3) is 11.0 Å². The lowest BCUT2D eigenvalue weighted by Gasteiger charge is -2.39. The van der Waals surface area contributed by atoms with Crippen molar-refractivity contribution in [3.8, 4) is 5.75 Å². The van der Waals surface area contributed by atoms with Gasteiger partial charge in [-0.1, -0.05) is 0 Å². The fourth-order valence-electron chi connectivity index (χ4n) is 3.53. The van der Waals surface area contributed by atoms with Gasteiger partial charge in [0.15, 0.2) is 12.4 Å². The maximum atomic E-state index is 11.7. The fourth-order valence-corrected chi connectivity index (χ4v) is 3.53. The Labute approximate surface area is 192 Å². The fraction of sp³-hybridized carbons (Fsp3) is 0.409. The van der Waals surface area contributed by atoms with Gasteiger partial charge in [0.05, 0.1) is 17.4 Å². The standard InChI is InChI=1S/C22H22O12/c1-10(24)29-9-18-21(31-12(3)26)16(30-11(2)25)7-19(33-18)32-15-5-4-13(8-23)20-14(15)6-17(34-20)22(27)28/h4-6,8,16,18-19,21H,7,9H2,1-3H3,(H,27,28)/t16-,18-,19-,21-/m1/s1. The van der Waals surface area contributed by atoms with Gasteiger partial charge in [0.2, 0.25) is 12.1 Å². The van der Waals surface area contributed by atoms with Crippen LogP contribution in [0.4, 0.5) is 0 Å². The second-order valence-electron chi connectivity index (χ2n) is 7.41. The van der Waals surface area contributed by atoms with Crippen molar-refractivity contribution in [3.05, 3.63) is 29.5 Å². The molecule has 3 rings (SSSR count). The molecular weight excluding hydrogens is 456 g/mol. The number of rotatable bonds is 8. The van der Waals surface area contributed by atoms with Crippen molar-refractivity contribution < 1.29 is 57.2 Å². The van der Waals surface area contributed by atoms with Crippen LogP contribution in [0.5, 0.6) is 5.75 Å². The Morgan fingerprint density at radius 1 is 1.09 bits per heavy atom. The summed E-state index contributed by atoms with van der Waals surface area (Å²) in [6.07, 6.45) is -3.78. The normalized spacial score (nSPS) is 22.0. The second-order valence-corrected chi connectivity index (χ2v) is 7.41. The van der Waals surface area contributed by atoms with E-state index in [1.54, 1.807) is 0 Å². The number of hydrogen-bond donors (Lipinski definition) is 1. The van der Waals surface area contributed by atoms with Gasteiger partial charge in [-0.25, -0.2) is 4.79 Å². The largest absolute Gasteiger partial charge is 0.475 e. The molecule has 12 heteroatoms. The molecule has 34 heavy (non-hydrogen) atoms. The first kappa shape index (κ1) is 24.7. The minimum atomic E-state index is -1.34. The van der Waals surface area contributed by atoms with E-state index in [1.807, 2.05) is 0 Å². The van der Waals surface area contributed by atoms with Crippen molar-refractivity contribution in [1.82, 2.24) is 0 Å². The molecule has 182 valence electrons. The average molecular weight is 478 g/mol. The topological polar surface area (TPSA) is 165 Å². The molecule has 0 aliphatic carbocycles. The van der Waals surface area contributed by atoms with Crippen LogP contribution in [0.1, 0.15) is 48.1 Å². The van der Waals surface area contributed by atoms with E-state index in [9.17, 15) is 29.1 Å². The summed E-state index contributed by atoms with van der Waals surface area (Å²) in [5, 5.41) is 9.44. The Balaban J connectivity index is 1.94. The van der Waals surface area contributed by atoms with Gasteiger partial charge in [-0.3, -0.25) is 19.2 Å². The Morgan fingerprint density at radius 2 is 1.79 bits per heavy atom. The number of hydrogen-bond acceptors (Lipinski definition) is 11. The molecule has 0 saturated carbocycles. The number of benzene rings is 1. The molecule has 1 aromatic heterocycles. The lowest BCUT2D eigenvalue weighted by molar-refractivity contribution is -0.245. The summed E-state index contributed by atoms with van der Waals surface area (Å²) < 4.78 is 32.6. The summed E-state index contributed by atoms with van der Waals surface area (Å²) >= 11 is 0. The van der Waals surface area contributed by atoms with Crippen LogP contribution in [0.2, 0.25) is 0 Å². The zero-order chi connectivity index (χ0) is 25.0. The molecule has 1 aromatic carbocycles. The molecule has 1 N–H and O–H groups in total. The van der Waals surface area contributed by atoms with Crippen LogP contribution < -0.4 is 4.74 Å². The van der Waals surface area contributed by atoms with Crippen molar-refractivity contribution in [3.63, 3.8) is 0 Å². The van der Waals surface area contributed by atoms with Gasteiger partial charge >= 0.3 is 23.9 Å². The molecule has 2 aromatic rings. The minimum Gasteiger partial charge on any atom is -0.475 e. The first-order valence-electron chi connectivity index (χ1n) is 10.1. The molecule has 0 amide bonds. The molecule has 1 fully saturated rings. The van der Waals surface area contributed by atoms with Crippen LogP contribution in [0, 0.1) is 0 Å². The first-order chi connectivity index (χ1) is 16.1. The van der Waals surface area contributed by atoms with E-state index in [1.165, 1.54) is 39.0 Å². The van der Waals surface area contributed by atoms with Crippen LogP contribution in [-0.2, 0) is 33.3 Å². The highest BCUT2D eigenvalue weighted by molar-refractivity contribution is 6.01. The Bertz CT molecular complexity index is 1120. The van der Waals surface area contributed by atoms with Gasteiger partial charge in [0.25, 0.3) is 0 Å². The third-order valence-electron chi connectivity index (χ3n) is 4.82. The number of aldehydes is 1. The van der Waals surface area contributed by atoms with Crippen molar-refractivity contribution in [2.24, 2.45) is 0 Å². The summed E-state index contributed by atoms with van der Waals surface area (Å²) in [7, 11) is 0. The summed E-state index contributed by atoms with van der Waals surface area (Å²) in [4.78, 5) is 57.3. The minimum absolute atomic E-state index is 0.00602. The second kappa shape index (κ2) is 10.3. The zero-order valence-electron chi connectivity index (χ0n) is 18.5. The first-order valence-corrected chi connectivity index (χ1v) is 10.1. The highest BCUT2D eigenvalue weighted by atomic mass is 16.7. The van der Waals surface area contributed by atoms with E-state index in [4.69, 9.17) is 28.1 Å². The molecule has 0 unspecified atom stereocenters. The van der Waals surface area contributed by atoms with Crippen molar-refractivity contribution in [2.45, 2.75) is 51.8 Å². The lowest BCUT2D eigenvalue weighted by Crippen LogP contribution is -2.54. The molecule has 2 heterocycles. The van der Waals surface area contributed by atoms with E-state index in [0.717, 1.165) is 0 Å². The maximum Gasteiger partial charge on any atom is 0.371 e. The van der Waals surface area contributed by atoms with E-state index in [2.05, 4.69) is 0 Å². The smallest absolute Gasteiger partial charge is 0.371 e. The van der Waals surface area contributed by atoms with Gasteiger partial charge in [-0.05, 0) is 12.1 Å². The van der Waals surface area contributed by atoms with Gasteiger partial charge in [-0.15, -0.1) is 0 Å². The molecule has 12 nitrogen and oxygen atoms in total. The Hall–Kier alpha value is -3.93. The SMILES string of the molecule is CC(=O)OC[C@H]1O[C@@H](Oc2ccc(C=O)c3oc(C(=O)O)cc23)C[C@@H](OC(C)=O)[C@H]1OC(C)=O. The van der Waals surface area contributed by atoms with Gasteiger partial charge in [0, 0.05) is 26.8 Å². The highest BCUT2D eigenvalue weighted by Gasteiger charge is 2.44. The van der Waals surface area contributed by atoms with Crippen LogP contribution in [0.3, 0.4) is 0 Å². The number of carbonyl (C=O) groups is 5. The number of carbonyl (C=O) groups excluding carboxylic acids is 4. The van der Waals surface area contributed by atoms with Gasteiger partial charge < -0.3 is 33.2 Å². The van der Waals surface area contributed by atoms with Gasteiger partial charge in [-0.2, -0.15) is 0 Å². The molecule has 4 atom stereocenters. The number of ether oxygens (including phenoxy) is 5.